The third-order valence-corrected chi connectivity index (χ3v) is 7.34. The van der Waals surface area contributed by atoms with Gasteiger partial charge >= 0.3 is 0 Å². The summed E-state index contributed by atoms with van der Waals surface area (Å²) >= 11 is 5.39. The topological polar surface area (TPSA) is 50.1 Å². The van der Waals surface area contributed by atoms with Crippen LogP contribution in [0.1, 0.15) is 51.9 Å². The zero-order chi connectivity index (χ0) is 18.0. The molecule has 1 aliphatic heterocycles. The lowest BCUT2D eigenvalue weighted by Crippen LogP contribution is -3.14. The summed E-state index contributed by atoms with van der Waals surface area (Å²) in [6, 6.07) is 0. The molecule has 146 valence electrons. The average molecular weight is 380 g/mol. The van der Waals surface area contributed by atoms with Crippen molar-refractivity contribution in [2.45, 2.75) is 51.9 Å². The number of nitrogens with one attached hydrogen (secondary N) is 3. The van der Waals surface area contributed by atoms with E-state index in [1.54, 1.807) is 4.90 Å². The zero-order valence-corrected chi connectivity index (χ0v) is 17.0. The number of hydrazone groups is 1. The number of thiocarbonyl (C=S) groups is 1. The molecule has 0 atom stereocenters. The van der Waals surface area contributed by atoms with Crippen LogP contribution in [0.5, 0.6) is 0 Å². The smallest absolute Gasteiger partial charge is 0.187 e. The second-order valence-electron chi connectivity index (χ2n) is 9.42. The molecule has 5 fully saturated rings. The molecule has 6 heteroatoms. The highest BCUT2D eigenvalue weighted by atomic mass is 32.1. The molecule has 5 aliphatic rings. The average Bonchev–Trinajstić information content (AvgIpc) is 2.59. The summed E-state index contributed by atoms with van der Waals surface area (Å²) in [7, 11) is 0. The van der Waals surface area contributed by atoms with E-state index in [0.717, 1.165) is 63.6 Å². The molecular formula is C20H35N4OS+. The Morgan fingerprint density at radius 1 is 1.12 bits per heavy atom. The van der Waals surface area contributed by atoms with Crippen LogP contribution in [-0.2, 0) is 4.74 Å². The monoisotopic (exact) mass is 379 g/mol. The molecule has 0 spiro atoms. The van der Waals surface area contributed by atoms with Crippen molar-refractivity contribution in [3.63, 3.8) is 0 Å². The van der Waals surface area contributed by atoms with Crippen LogP contribution in [0.4, 0.5) is 0 Å². The predicted molar refractivity (Wildman–Crippen MR) is 108 cm³/mol. The number of morpholine rings is 1. The van der Waals surface area contributed by atoms with Gasteiger partial charge in [-0.15, -0.1) is 0 Å². The predicted octanol–water partition coefficient (Wildman–Crippen LogP) is 1.35. The summed E-state index contributed by atoms with van der Waals surface area (Å²) in [6.07, 6.45) is 10.0. The van der Waals surface area contributed by atoms with Gasteiger partial charge in [0.1, 0.15) is 13.1 Å². The molecule has 0 aromatic carbocycles. The first-order valence-electron chi connectivity index (χ1n) is 10.6. The third kappa shape index (κ3) is 4.57. The minimum absolute atomic E-state index is 0.554. The molecule has 0 radical (unpaired) electrons. The van der Waals surface area contributed by atoms with Gasteiger partial charge < -0.3 is 15.0 Å². The van der Waals surface area contributed by atoms with Gasteiger partial charge in [0.2, 0.25) is 0 Å². The molecule has 5 rings (SSSR count). The highest BCUT2D eigenvalue weighted by molar-refractivity contribution is 7.80. The van der Waals surface area contributed by atoms with E-state index in [1.165, 1.54) is 44.2 Å². The Morgan fingerprint density at radius 3 is 2.35 bits per heavy atom. The van der Waals surface area contributed by atoms with Gasteiger partial charge in [0.25, 0.3) is 0 Å². The minimum Gasteiger partial charge on any atom is -0.370 e. The summed E-state index contributed by atoms with van der Waals surface area (Å²) in [4.78, 5) is 1.59. The Balaban J connectivity index is 1.19. The van der Waals surface area contributed by atoms with Gasteiger partial charge in [-0.05, 0) is 87.3 Å². The first-order valence-corrected chi connectivity index (χ1v) is 11.0. The molecule has 3 N–H and O–H groups in total. The van der Waals surface area contributed by atoms with Crippen molar-refractivity contribution < 1.29 is 9.64 Å². The molecule has 0 aromatic heterocycles. The lowest BCUT2D eigenvalue weighted by atomic mass is 9.48. The largest absolute Gasteiger partial charge is 0.370 e. The summed E-state index contributed by atoms with van der Waals surface area (Å²) in [5.41, 5.74) is 4.85. The van der Waals surface area contributed by atoms with Gasteiger partial charge in [0, 0.05) is 5.71 Å². The number of rotatable bonds is 6. The molecule has 1 saturated heterocycles. The van der Waals surface area contributed by atoms with Crippen LogP contribution in [0.15, 0.2) is 5.10 Å². The van der Waals surface area contributed by atoms with Crippen LogP contribution in [0.3, 0.4) is 0 Å². The normalized spacial score (nSPS) is 37.0. The lowest BCUT2D eigenvalue weighted by Gasteiger charge is -2.57. The van der Waals surface area contributed by atoms with Crippen LogP contribution in [0.25, 0.3) is 0 Å². The van der Waals surface area contributed by atoms with Gasteiger partial charge in [0.15, 0.2) is 5.11 Å². The van der Waals surface area contributed by atoms with Gasteiger partial charge in [0.05, 0.1) is 26.3 Å². The Kier molecular flexibility index (Phi) is 5.81. The molecule has 1 heterocycles. The summed E-state index contributed by atoms with van der Waals surface area (Å²) in [6.45, 7) is 8.12. The molecule has 0 unspecified atom stereocenters. The molecule has 4 aliphatic carbocycles. The van der Waals surface area contributed by atoms with Crippen LogP contribution < -0.4 is 15.6 Å². The molecule has 4 saturated carbocycles. The first-order chi connectivity index (χ1) is 12.6. The maximum atomic E-state index is 5.39. The van der Waals surface area contributed by atoms with E-state index in [1.807, 2.05) is 0 Å². The number of ether oxygens (including phenoxy) is 1. The van der Waals surface area contributed by atoms with E-state index in [0.29, 0.717) is 10.5 Å². The molecule has 5 nitrogen and oxygen atoms in total. The minimum atomic E-state index is 0.554. The van der Waals surface area contributed by atoms with Crippen molar-refractivity contribution in [2.75, 3.05) is 39.4 Å². The van der Waals surface area contributed by atoms with E-state index >= 15 is 0 Å². The summed E-state index contributed by atoms with van der Waals surface area (Å²) < 4.78 is 5.39. The summed E-state index contributed by atoms with van der Waals surface area (Å²) in [5.74, 6) is 3.02. The van der Waals surface area contributed by atoms with E-state index in [2.05, 4.69) is 22.8 Å². The Labute approximate surface area is 163 Å². The second-order valence-corrected chi connectivity index (χ2v) is 9.83. The second kappa shape index (κ2) is 8.11. The maximum Gasteiger partial charge on any atom is 0.187 e. The lowest BCUT2D eigenvalue weighted by molar-refractivity contribution is -0.906. The summed E-state index contributed by atoms with van der Waals surface area (Å²) in [5, 5.41) is 8.55. The standard InChI is InChI=1S/C20H34N4OS/c1-15(11-20-12-16-8-17(13-20)10-18(9-16)14-20)22-23-19(26)21-2-3-24-4-6-25-7-5-24/h16-18H,2-14H2,1H3,(H2,21,23,26)/p+1/b22-15-. The van der Waals surface area contributed by atoms with E-state index in [-0.39, 0.29) is 0 Å². The van der Waals surface area contributed by atoms with Gasteiger partial charge in [-0.3, -0.25) is 5.43 Å². The van der Waals surface area contributed by atoms with Crippen molar-refractivity contribution in [1.82, 2.24) is 10.7 Å². The highest BCUT2D eigenvalue weighted by Crippen LogP contribution is 2.61. The number of quaternary nitrogens is 1. The van der Waals surface area contributed by atoms with Gasteiger partial charge in [-0.2, -0.15) is 5.10 Å². The Bertz CT molecular complexity index is 509. The van der Waals surface area contributed by atoms with Crippen LogP contribution in [0.2, 0.25) is 0 Å². The molecule has 26 heavy (non-hydrogen) atoms. The fourth-order valence-electron chi connectivity index (χ4n) is 6.54. The Hall–Kier alpha value is -0.720. The SMILES string of the molecule is C/C(CC12CC3CC(CC(C3)C1)C2)=N/NC(=S)NCC[NH+]1CCOCC1. The van der Waals surface area contributed by atoms with Crippen LogP contribution in [0, 0.1) is 23.2 Å². The van der Waals surface area contributed by atoms with Crippen molar-refractivity contribution in [1.29, 1.82) is 0 Å². The van der Waals surface area contributed by atoms with E-state index in [9.17, 15) is 0 Å². The van der Waals surface area contributed by atoms with E-state index < -0.39 is 0 Å². The molecule has 4 bridgehead atoms. The number of hydrogen-bond acceptors (Lipinski definition) is 3. The molecular weight excluding hydrogens is 344 g/mol. The van der Waals surface area contributed by atoms with Crippen LogP contribution in [-0.4, -0.2) is 50.2 Å². The van der Waals surface area contributed by atoms with Crippen molar-refractivity contribution >= 4 is 23.0 Å². The highest BCUT2D eigenvalue weighted by Gasteiger charge is 2.50. The van der Waals surface area contributed by atoms with Crippen molar-refractivity contribution in [3.05, 3.63) is 0 Å². The quantitative estimate of drug-likeness (QED) is 0.370. The first kappa shape index (κ1) is 18.6. The fourth-order valence-corrected chi connectivity index (χ4v) is 6.69. The molecule has 0 aromatic rings. The van der Waals surface area contributed by atoms with Crippen molar-refractivity contribution in [3.8, 4) is 0 Å². The van der Waals surface area contributed by atoms with E-state index in [4.69, 9.17) is 17.0 Å². The Morgan fingerprint density at radius 2 is 1.73 bits per heavy atom. The number of nitrogens with zero attached hydrogens (tertiary/aromatic N) is 1. The number of hydrogen-bond donors (Lipinski definition) is 3. The maximum absolute atomic E-state index is 5.39. The van der Waals surface area contributed by atoms with Gasteiger partial charge in [-0.25, -0.2) is 0 Å². The van der Waals surface area contributed by atoms with Crippen LogP contribution >= 0.6 is 12.2 Å². The third-order valence-electron chi connectivity index (χ3n) is 7.11. The van der Waals surface area contributed by atoms with Crippen molar-refractivity contribution in [2.24, 2.45) is 28.3 Å². The molecule has 0 amide bonds. The fraction of sp³-hybridized carbons (Fsp3) is 0.900. The zero-order valence-electron chi connectivity index (χ0n) is 16.2. The van der Waals surface area contributed by atoms with Gasteiger partial charge in [-0.1, -0.05) is 0 Å².